The van der Waals surface area contributed by atoms with Crippen LogP contribution in [0.5, 0.6) is 11.5 Å². The predicted molar refractivity (Wildman–Crippen MR) is 120 cm³/mol. The summed E-state index contributed by atoms with van der Waals surface area (Å²) in [6.07, 6.45) is 4.07. The van der Waals surface area contributed by atoms with Gasteiger partial charge in [0, 0.05) is 38.8 Å². The molecule has 1 aliphatic carbocycles. The van der Waals surface area contributed by atoms with Gasteiger partial charge in [-0.15, -0.1) is 0 Å². The minimum absolute atomic E-state index is 0.0812. The van der Waals surface area contributed by atoms with Crippen LogP contribution in [0.15, 0.2) is 18.2 Å². The van der Waals surface area contributed by atoms with E-state index in [1.807, 2.05) is 25.1 Å². The maximum atomic E-state index is 13.4. The molecule has 3 heterocycles. The summed E-state index contributed by atoms with van der Waals surface area (Å²) in [5.41, 5.74) is 1.14. The van der Waals surface area contributed by atoms with Crippen molar-refractivity contribution >= 4 is 17.8 Å². The monoisotopic (exact) mass is 456 g/mol. The number of nitrogens with one attached hydrogen (secondary N) is 1. The van der Waals surface area contributed by atoms with Crippen LogP contribution in [-0.4, -0.2) is 77.6 Å². The Morgan fingerprint density at radius 2 is 1.85 bits per heavy atom. The van der Waals surface area contributed by atoms with Crippen LogP contribution in [0.2, 0.25) is 0 Å². The number of hydrogen-bond donors (Lipinski definition) is 1. The topological polar surface area (TPSA) is 91.4 Å². The van der Waals surface area contributed by atoms with Crippen molar-refractivity contribution in [3.05, 3.63) is 23.8 Å². The molecule has 4 amide bonds. The van der Waals surface area contributed by atoms with E-state index in [2.05, 4.69) is 10.2 Å². The van der Waals surface area contributed by atoms with E-state index in [0.717, 1.165) is 62.4 Å². The van der Waals surface area contributed by atoms with Crippen LogP contribution in [-0.2, 0) is 16.1 Å². The Kier molecular flexibility index (Phi) is 6.14. The van der Waals surface area contributed by atoms with Gasteiger partial charge in [-0.05, 0) is 37.0 Å². The Labute approximate surface area is 194 Å². The Morgan fingerprint density at radius 3 is 2.64 bits per heavy atom. The second kappa shape index (κ2) is 9.21. The number of fused-ring (bicyclic) bond motifs is 2. The van der Waals surface area contributed by atoms with Crippen molar-refractivity contribution in [3.8, 4) is 11.5 Å². The SMILES string of the molecule is CCC(C(=O)N1CCN(Cc2ccc3c(c2)OCO3)CC1)N1C(=O)NC2CCCCC2C1=O. The summed E-state index contributed by atoms with van der Waals surface area (Å²) < 4.78 is 10.8. The first kappa shape index (κ1) is 22.0. The number of nitrogens with zero attached hydrogens (tertiary/aromatic N) is 3. The van der Waals surface area contributed by atoms with Gasteiger partial charge in [0.05, 0.1) is 5.92 Å². The summed E-state index contributed by atoms with van der Waals surface area (Å²) in [5.74, 6) is 1.05. The van der Waals surface area contributed by atoms with E-state index in [1.165, 1.54) is 4.90 Å². The Bertz CT molecular complexity index is 929. The third-order valence-corrected chi connectivity index (χ3v) is 7.36. The zero-order valence-electron chi connectivity index (χ0n) is 19.1. The third-order valence-electron chi connectivity index (χ3n) is 7.36. The quantitative estimate of drug-likeness (QED) is 0.728. The highest BCUT2D eigenvalue weighted by Gasteiger charge is 2.46. The molecule has 2 saturated heterocycles. The fourth-order valence-corrected chi connectivity index (χ4v) is 5.50. The maximum absolute atomic E-state index is 13.4. The van der Waals surface area contributed by atoms with Crippen LogP contribution >= 0.6 is 0 Å². The van der Waals surface area contributed by atoms with Crippen molar-refractivity contribution in [3.63, 3.8) is 0 Å². The smallest absolute Gasteiger partial charge is 0.325 e. The van der Waals surface area contributed by atoms with Gasteiger partial charge in [-0.3, -0.25) is 19.4 Å². The molecule has 0 bridgehead atoms. The van der Waals surface area contributed by atoms with Crippen molar-refractivity contribution in [2.75, 3.05) is 33.0 Å². The van der Waals surface area contributed by atoms with Crippen LogP contribution in [0.4, 0.5) is 4.79 Å². The summed E-state index contributed by atoms with van der Waals surface area (Å²) in [6, 6.07) is 4.75. The number of imide groups is 1. The molecule has 1 saturated carbocycles. The summed E-state index contributed by atoms with van der Waals surface area (Å²) >= 11 is 0. The molecule has 5 rings (SSSR count). The molecule has 3 atom stereocenters. The number of amides is 4. The van der Waals surface area contributed by atoms with Gasteiger partial charge in [0.15, 0.2) is 11.5 Å². The molecule has 1 aromatic rings. The lowest BCUT2D eigenvalue weighted by atomic mass is 9.82. The number of ether oxygens (including phenoxy) is 2. The molecule has 3 aliphatic heterocycles. The minimum atomic E-state index is -0.735. The number of benzene rings is 1. The van der Waals surface area contributed by atoms with Gasteiger partial charge < -0.3 is 19.7 Å². The van der Waals surface area contributed by atoms with Crippen LogP contribution in [0, 0.1) is 5.92 Å². The van der Waals surface area contributed by atoms with E-state index in [4.69, 9.17) is 9.47 Å². The molecule has 9 heteroatoms. The molecule has 3 unspecified atom stereocenters. The molecule has 3 fully saturated rings. The lowest BCUT2D eigenvalue weighted by molar-refractivity contribution is -0.148. The normalized spacial score (nSPS) is 26.1. The second-order valence-electron chi connectivity index (χ2n) is 9.37. The second-order valence-corrected chi connectivity index (χ2v) is 9.37. The van der Waals surface area contributed by atoms with E-state index in [1.54, 1.807) is 4.90 Å². The summed E-state index contributed by atoms with van der Waals surface area (Å²) in [6.45, 7) is 5.53. The largest absolute Gasteiger partial charge is 0.454 e. The van der Waals surface area contributed by atoms with E-state index in [-0.39, 0.29) is 30.6 Å². The molecular weight excluding hydrogens is 424 g/mol. The molecule has 33 heavy (non-hydrogen) atoms. The zero-order valence-corrected chi connectivity index (χ0v) is 19.1. The Balaban J connectivity index is 1.19. The number of hydrogen-bond acceptors (Lipinski definition) is 6. The first-order valence-electron chi connectivity index (χ1n) is 12.1. The van der Waals surface area contributed by atoms with Crippen molar-refractivity contribution in [1.29, 1.82) is 0 Å². The molecule has 4 aliphatic rings. The molecule has 9 nitrogen and oxygen atoms in total. The van der Waals surface area contributed by atoms with Gasteiger partial charge in [-0.1, -0.05) is 25.8 Å². The van der Waals surface area contributed by atoms with Crippen molar-refractivity contribution in [1.82, 2.24) is 20.0 Å². The average Bonchev–Trinajstić information content (AvgIpc) is 3.30. The van der Waals surface area contributed by atoms with Crippen molar-refractivity contribution in [2.24, 2.45) is 5.92 Å². The average molecular weight is 457 g/mol. The Hall–Kier alpha value is -2.81. The minimum Gasteiger partial charge on any atom is -0.454 e. The number of carbonyl (C=O) groups is 3. The first-order chi connectivity index (χ1) is 16.0. The summed E-state index contributed by atoms with van der Waals surface area (Å²) in [4.78, 5) is 44.6. The first-order valence-corrected chi connectivity index (χ1v) is 12.1. The van der Waals surface area contributed by atoms with Crippen LogP contribution in [0.25, 0.3) is 0 Å². The lowest BCUT2D eigenvalue weighted by Gasteiger charge is -2.44. The van der Waals surface area contributed by atoms with E-state index in [9.17, 15) is 14.4 Å². The molecule has 1 N–H and O–H groups in total. The van der Waals surface area contributed by atoms with Gasteiger partial charge in [-0.25, -0.2) is 4.79 Å². The van der Waals surface area contributed by atoms with Gasteiger partial charge in [-0.2, -0.15) is 0 Å². The van der Waals surface area contributed by atoms with Gasteiger partial charge in [0.1, 0.15) is 6.04 Å². The van der Waals surface area contributed by atoms with E-state index >= 15 is 0 Å². The molecule has 0 radical (unpaired) electrons. The molecule has 178 valence electrons. The summed E-state index contributed by atoms with van der Waals surface area (Å²) in [5, 5.41) is 2.99. The Morgan fingerprint density at radius 1 is 1.09 bits per heavy atom. The van der Waals surface area contributed by atoms with Crippen LogP contribution < -0.4 is 14.8 Å². The standard InChI is InChI=1S/C24H32N4O5/c1-2-19(28-22(29)17-5-3-4-6-18(17)25-24(28)31)23(30)27-11-9-26(10-12-27)14-16-7-8-20-21(13-16)33-15-32-20/h7-8,13,17-19H,2-6,9-12,14-15H2,1H3,(H,25,31). The number of piperazine rings is 1. The van der Waals surface area contributed by atoms with Crippen molar-refractivity contribution < 1.29 is 23.9 Å². The highest BCUT2D eigenvalue weighted by molar-refractivity contribution is 6.03. The number of urea groups is 1. The zero-order chi connectivity index (χ0) is 22.9. The van der Waals surface area contributed by atoms with E-state index in [0.29, 0.717) is 19.5 Å². The van der Waals surface area contributed by atoms with Gasteiger partial charge in [0.25, 0.3) is 0 Å². The fourth-order valence-electron chi connectivity index (χ4n) is 5.50. The third kappa shape index (κ3) is 4.26. The highest BCUT2D eigenvalue weighted by Crippen LogP contribution is 2.33. The van der Waals surface area contributed by atoms with Crippen molar-refractivity contribution in [2.45, 2.75) is 57.7 Å². The van der Waals surface area contributed by atoms with Gasteiger partial charge in [0.2, 0.25) is 18.6 Å². The number of rotatable bonds is 5. The van der Waals surface area contributed by atoms with Crippen LogP contribution in [0.1, 0.15) is 44.6 Å². The fraction of sp³-hybridized carbons (Fsp3) is 0.625. The predicted octanol–water partition coefficient (Wildman–Crippen LogP) is 1.95. The number of carbonyl (C=O) groups excluding carboxylic acids is 3. The summed E-state index contributed by atoms with van der Waals surface area (Å²) in [7, 11) is 0. The van der Waals surface area contributed by atoms with E-state index < -0.39 is 12.1 Å². The molecule has 0 aromatic heterocycles. The van der Waals surface area contributed by atoms with Crippen LogP contribution in [0.3, 0.4) is 0 Å². The molecule has 1 aromatic carbocycles. The lowest BCUT2D eigenvalue weighted by Crippen LogP contribution is -2.66. The maximum Gasteiger partial charge on any atom is 0.325 e. The molecule has 0 spiro atoms. The van der Waals surface area contributed by atoms with Gasteiger partial charge >= 0.3 is 6.03 Å². The highest BCUT2D eigenvalue weighted by atomic mass is 16.7. The molecular formula is C24H32N4O5.